The Labute approximate surface area is 163 Å². The number of nitrogens with two attached hydrogens (primary N) is 1. The first-order valence-corrected chi connectivity index (χ1v) is 9.16. The van der Waals surface area contributed by atoms with Crippen LogP contribution in [-0.2, 0) is 13.2 Å². The van der Waals surface area contributed by atoms with Crippen LogP contribution >= 0.6 is 0 Å². The van der Waals surface area contributed by atoms with Gasteiger partial charge in [-0.05, 0) is 36.2 Å². The predicted octanol–water partition coefficient (Wildman–Crippen LogP) is 3.73. The highest BCUT2D eigenvalue weighted by Gasteiger charge is 2.16. The van der Waals surface area contributed by atoms with Gasteiger partial charge in [0.25, 0.3) is 5.56 Å². The van der Waals surface area contributed by atoms with Crippen LogP contribution in [0.25, 0.3) is 16.6 Å². The van der Waals surface area contributed by atoms with Gasteiger partial charge < -0.3 is 10.5 Å². The van der Waals surface area contributed by atoms with Gasteiger partial charge in [-0.25, -0.2) is 4.98 Å². The number of para-hydroxylation sites is 2. The van der Waals surface area contributed by atoms with E-state index in [0.717, 1.165) is 11.1 Å². The van der Waals surface area contributed by atoms with Crippen molar-refractivity contribution >= 4 is 10.9 Å². The summed E-state index contributed by atoms with van der Waals surface area (Å²) in [7, 11) is 0. The molecule has 0 fully saturated rings. The van der Waals surface area contributed by atoms with E-state index in [1.54, 1.807) is 4.57 Å². The van der Waals surface area contributed by atoms with Gasteiger partial charge in [-0.15, -0.1) is 0 Å². The van der Waals surface area contributed by atoms with Crippen molar-refractivity contribution in [2.45, 2.75) is 20.1 Å². The maximum absolute atomic E-state index is 13.4. The fourth-order valence-electron chi connectivity index (χ4n) is 3.33. The molecule has 5 heteroatoms. The van der Waals surface area contributed by atoms with Crippen LogP contribution < -0.4 is 16.0 Å². The van der Waals surface area contributed by atoms with Crippen molar-refractivity contribution in [2.75, 3.05) is 0 Å². The molecule has 1 aromatic heterocycles. The van der Waals surface area contributed by atoms with Crippen molar-refractivity contribution < 1.29 is 4.74 Å². The van der Waals surface area contributed by atoms with Crippen LogP contribution in [0.5, 0.6) is 5.75 Å². The molecule has 2 N–H and O–H groups in total. The average molecular weight is 371 g/mol. The second kappa shape index (κ2) is 7.66. The average Bonchev–Trinajstić information content (AvgIpc) is 2.73. The summed E-state index contributed by atoms with van der Waals surface area (Å²) in [6.07, 6.45) is 0. The first-order chi connectivity index (χ1) is 13.7. The Balaban J connectivity index is 1.85. The lowest BCUT2D eigenvalue weighted by molar-refractivity contribution is 0.305. The van der Waals surface area contributed by atoms with E-state index >= 15 is 0 Å². The third-order valence-electron chi connectivity index (χ3n) is 4.70. The molecule has 0 aliphatic carbocycles. The molecule has 0 unspecified atom stereocenters. The van der Waals surface area contributed by atoms with Crippen molar-refractivity contribution in [3.05, 3.63) is 100 Å². The maximum Gasteiger partial charge on any atom is 0.266 e. The molecule has 0 saturated heterocycles. The first-order valence-electron chi connectivity index (χ1n) is 9.16. The van der Waals surface area contributed by atoms with Gasteiger partial charge in [-0.2, -0.15) is 0 Å². The van der Waals surface area contributed by atoms with E-state index in [-0.39, 0.29) is 12.1 Å². The summed E-state index contributed by atoms with van der Waals surface area (Å²) < 4.78 is 7.61. The fourth-order valence-corrected chi connectivity index (χ4v) is 3.33. The van der Waals surface area contributed by atoms with Gasteiger partial charge in [0.15, 0.2) is 0 Å². The van der Waals surface area contributed by atoms with Crippen molar-refractivity contribution in [1.29, 1.82) is 0 Å². The zero-order valence-electron chi connectivity index (χ0n) is 15.6. The summed E-state index contributed by atoms with van der Waals surface area (Å²) in [4.78, 5) is 18.0. The van der Waals surface area contributed by atoms with Crippen LogP contribution in [0.4, 0.5) is 0 Å². The number of ether oxygens (including phenoxy) is 1. The molecule has 1 heterocycles. The number of aromatic nitrogens is 2. The van der Waals surface area contributed by atoms with Gasteiger partial charge in [0.2, 0.25) is 0 Å². The fraction of sp³-hybridized carbons (Fsp3) is 0.130. The SMILES string of the molecule is Cc1cccc2nc(CN)n(-c3ccccc3OCc3ccccc3)c(=O)c12. The Morgan fingerprint density at radius 1 is 0.964 bits per heavy atom. The zero-order valence-corrected chi connectivity index (χ0v) is 15.6. The van der Waals surface area contributed by atoms with E-state index in [1.807, 2.05) is 79.7 Å². The molecule has 0 aliphatic rings. The molecule has 0 spiro atoms. The molecule has 0 atom stereocenters. The molecule has 4 rings (SSSR count). The van der Waals surface area contributed by atoms with Crippen LogP contribution in [0.2, 0.25) is 0 Å². The molecule has 0 aliphatic heterocycles. The van der Waals surface area contributed by atoms with Crippen LogP contribution in [0.15, 0.2) is 77.6 Å². The molecular formula is C23H21N3O2. The highest BCUT2D eigenvalue weighted by atomic mass is 16.5. The highest BCUT2D eigenvalue weighted by molar-refractivity contribution is 5.81. The van der Waals surface area contributed by atoms with E-state index < -0.39 is 0 Å². The van der Waals surface area contributed by atoms with Crippen LogP contribution in [-0.4, -0.2) is 9.55 Å². The van der Waals surface area contributed by atoms with Crippen LogP contribution in [0.3, 0.4) is 0 Å². The van der Waals surface area contributed by atoms with Crippen molar-refractivity contribution in [3.8, 4) is 11.4 Å². The summed E-state index contributed by atoms with van der Waals surface area (Å²) in [5.41, 5.74) is 9.03. The Morgan fingerprint density at radius 2 is 1.71 bits per heavy atom. The number of hydrogen-bond acceptors (Lipinski definition) is 4. The largest absolute Gasteiger partial charge is 0.487 e. The molecule has 4 aromatic rings. The second-order valence-corrected chi connectivity index (χ2v) is 6.58. The molecule has 28 heavy (non-hydrogen) atoms. The molecule has 140 valence electrons. The van der Waals surface area contributed by atoms with Gasteiger partial charge >= 0.3 is 0 Å². The zero-order chi connectivity index (χ0) is 19.5. The Bertz CT molecular complexity index is 1180. The normalized spacial score (nSPS) is 10.9. The van der Waals surface area contributed by atoms with Crippen LogP contribution in [0, 0.1) is 6.92 Å². The van der Waals surface area contributed by atoms with Gasteiger partial charge in [-0.3, -0.25) is 9.36 Å². The maximum atomic E-state index is 13.4. The van der Waals surface area contributed by atoms with Crippen molar-refractivity contribution in [3.63, 3.8) is 0 Å². The third kappa shape index (κ3) is 3.28. The third-order valence-corrected chi connectivity index (χ3v) is 4.70. The summed E-state index contributed by atoms with van der Waals surface area (Å²) in [5.74, 6) is 1.11. The first kappa shape index (κ1) is 17.9. The Kier molecular flexibility index (Phi) is 4.91. The van der Waals surface area contributed by atoms with Crippen molar-refractivity contribution in [1.82, 2.24) is 9.55 Å². The number of fused-ring (bicyclic) bond motifs is 1. The molecule has 0 saturated carbocycles. The molecular weight excluding hydrogens is 350 g/mol. The lowest BCUT2D eigenvalue weighted by Crippen LogP contribution is -2.26. The molecule has 0 amide bonds. The quantitative estimate of drug-likeness (QED) is 0.580. The van der Waals surface area contributed by atoms with E-state index in [1.165, 1.54) is 0 Å². The highest BCUT2D eigenvalue weighted by Crippen LogP contribution is 2.25. The monoisotopic (exact) mass is 371 g/mol. The molecule has 0 bridgehead atoms. The number of rotatable bonds is 5. The minimum Gasteiger partial charge on any atom is -0.487 e. The standard InChI is InChI=1S/C23H21N3O2/c1-16-8-7-11-18-22(16)23(27)26(21(14-24)25-18)19-12-5-6-13-20(19)28-15-17-9-3-2-4-10-17/h2-13H,14-15,24H2,1H3. The topological polar surface area (TPSA) is 70.1 Å². The smallest absolute Gasteiger partial charge is 0.266 e. The number of hydrogen-bond donors (Lipinski definition) is 1. The lowest BCUT2D eigenvalue weighted by Gasteiger charge is -2.17. The van der Waals surface area contributed by atoms with Gasteiger partial charge in [0.1, 0.15) is 18.2 Å². The minimum atomic E-state index is -0.140. The minimum absolute atomic E-state index is 0.140. The number of benzene rings is 3. The van der Waals surface area contributed by atoms with Gasteiger partial charge in [-0.1, -0.05) is 54.6 Å². The van der Waals surface area contributed by atoms with E-state index in [4.69, 9.17) is 10.5 Å². The lowest BCUT2D eigenvalue weighted by atomic mass is 10.1. The van der Waals surface area contributed by atoms with Crippen molar-refractivity contribution in [2.24, 2.45) is 5.73 Å². The predicted molar refractivity (Wildman–Crippen MR) is 111 cm³/mol. The van der Waals surface area contributed by atoms with Crippen LogP contribution in [0.1, 0.15) is 17.0 Å². The summed E-state index contributed by atoms with van der Waals surface area (Å²) in [6.45, 7) is 2.46. The summed E-state index contributed by atoms with van der Waals surface area (Å²) in [5, 5.41) is 0.595. The molecule has 5 nitrogen and oxygen atoms in total. The van der Waals surface area contributed by atoms with E-state index in [0.29, 0.717) is 34.8 Å². The van der Waals surface area contributed by atoms with Gasteiger partial charge in [0.05, 0.1) is 23.1 Å². The summed E-state index contributed by atoms with van der Waals surface area (Å²) in [6, 6.07) is 23.0. The molecule has 3 aromatic carbocycles. The molecule has 0 radical (unpaired) electrons. The van der Waals surface area contributed by atoms with Gasteiger partial charge in [0, 0.05) is 0 Å². The van der Waals surface area contributed by atoms with E-state index in [2.05, 4.69) is 4.98 Å². The summed E-state index contributed by atoms with van der Waals surface area (Å²) >= 11 is 0. The Hall–Kier alpha value is -3.44. The number of aryl methyl sites for hydroxylation is 1. The number of nitrogens with zero attached hydrogens (tertiary/aromatic N) is 2. The Morgan fingerprint density at radius 3 is 2.50 bits per heavy atom. The second-order valence-electron chi connectivity index (χ2n) is 6.58. The van der Waals surface area contributed by atoms with E-state index in [9.17, 15) is 4.79 Å².